The fraction of sp³-hybridized carbons (Fsp3) is 0.593. The average Bonchev–Trinajstić information content (AvgIpc) is 3.38. The number of rotatable bonds is 13. The summed E-state index contributed by atoms with van der Waals surface area (Å²) in [5.41, 5.74) is 5.34. The normalized spacial score (nSPS) is 17.8. The number of fused-ring (bicyclic) bond motifs is 1. The molecule has 3 heterocycles. The minimum Gasteiger partial charge on any atom is -0.539 e. The van der Waals surface area contributed by atoms with Gasteiger partial charge in [-0.2, -0.15) is 0 Å². The number of unbranched alkanes of at least 4 members (excludes halogenated alkanes) is 2. The molecule has 12 nitrogen and oxygen atoms in total. The molecule has 1 aliphatic heterocycles. The highest BCUT2D eigenvalue weighted by Crippen LogP contribution is 2.26. The number of amides is 3. The summed E-state index contributed by atoms with van der Waals surface area (Å²) in [7, 11) is 0. The van der Waals surface area contributed by atoms with Crippen LogP contribution in [-0.4, -0.2) is 51.0 Å². The first kappa shape index (κ1) is 30.0. The number of nitrogens with zero attached hydrogens (tertiary/aromatic N) is 3. The Morgan fingerprint density at radius 1 is 1.23 bits per heavy atom. The average molecular weight is 545 g/mol. The largest absolute Gasteiger partial charge is 0.539 e. The van der Waals surface area contributed by atoms with Crippen molar-refractivity contribution in [3.8, 4) is 0 Å². The fourth-order valence-electron chi connectivity index (χ4n) is 5.10. The molecule has 39 heavy (non-hydrogen) atoms. The molecule has 0 radical (unpaired) electrons. The van der Waals surface area contributed by atoms with Crippen molar-refractivity contribution in [2.45, 2.75) is 84.2 Å². The van der Waals surface area contributed by atoms with Crippen molar-refractivity contribution >= 4 is 23.7 Å². The zero-order valence-corrected chi connectivity index (χ0v) is 22.9. The number of carboxylic acid groups (broad SMARTS) is 1. The summed E-state index contributed by atoms with van der Waals surface area (Å²) >= 11 is 0. The molecule has 4 atom stereocenters. The van der Waals surface area contributed by atoms with Crippen LogP contribution in [-0.2, 0) is 14.4 Å². The summed E-state index contributed by atoms with van der Waals surface area (Å²) < 4.78 is 3.12. The fourth-order valence-corrected chi connectivity index (χ4v) is 5.10. The van der Waals surface area contributed by atoms with Crippen molar-refractivity contribution in [3.05, 3.63) is 42.0 Å². The summed E-state index contributed by atoms with van der Waals surface area (Å²) in [4.78, 5) is 50.9. The molecule has 2 aromatic heterocycles. The lowest BCUT2D eigenvalue weighted by atomic mass is 9.93. The number of hydrogen-bond acceptors (Lipinski definition) is 7. The van der Waals surface area contributed by atoms with Gasteiger partial charge in [-0.15, -0.1) is 4.52 Å². The lowest BCUT2D eigenvalue weighted by Gasteiger charge is -2.38. The topological polar surface area (TPSA) is 159 Å². The molecule has 0 spiro atoms. The van der Waals surface area contributed by atoms with Gasteiger partial charge in [-0.3, -0.25) is 24.6 Å². The van der Waals surface area contributed by atoms with Gasteiger partial charge < -0.3 is 15.2 Å². The summed E-state index contributed by atoms with van der Waals surface area (Å²) in [6.07, 6.45) is 8.11. The standard InChI is InChI=1S/C27H40N6O6/c1-4-6-7-10-19(17-23(34)30-39)26(36)33-21(11-8-14-28-33)25(35)29-24(18(3)5-2)20-13-16-32-22(27(37)38)12-9-15-31(20)32/h9,12-13,15-16,18-19,21,24,28H,4-8,10-11,14,17H2,1-3H3,(H3-,29,30,34,35,37,38,39). The highest BCUT2D eigenvalue weighted by molar-refractivity contribution is 5.90. The maximum atomic E-state index is 13.7. The minimum atomic E-state index is -1.31. The van der Waals surface area contributed by atoms with Gasteiger partial charge in [0.25, 0.3) is 5.69 Å². The van der Waals surface area contributed by atoms with Crippen LogP contribution in [0.4, 0.5) is 0 Å². The molecular weight excluding hydrogens is 504 g/mol. The van der Waals surface area contributed by atoms with Crippen molar-refractivity contribution in [2.24, 2.45) is 11.8 Å². The quantitative estimate of drug-likeness (QED) is 0.125. The van der Waals surface area contributed by atoms with E-state index in [0.29, 0.717) is 31.5 Å². The van der Waals surface area contributed by atoms with Crippen molar-refractivity contribution < 1.29 is 34.0 Å². The smallest absolute Gasteiger partial charge is 0.258 e. The molecule has 2 aromatic rings. The van der Waals surface area contributed by atoms with Crippen LogP contribution >= 0.6 is 0 Å². The van der Waals surface area contributed by atoms with E-state index in [4.69, 9.17) is 5.21 Å². The van der Waals surface area contributed by atoms with E-state index in [0.717, 1.165) is 25.7 Å². The highest BCUT2D eigenvalue weighted by atomic mass is 16.5. The summed E-state index contributed by atoms with van der Waals surface area (Å²) in [5, 5.41) is 25.1. The maximum absolute atomic E-state index is 13.7. The molecule has 1 aliphatic rings. The molecule has 1 saturated heterocycles. The Kier molecular flexibility index (Phi) is 10.8. The molecule has 4 unspecified atom stereocenters. The molecule has 3 rings (SSSR count). The Hall–Kier alpha value is -3.51. The Labute approximate surface area is 228 Å². The van der Waals surface area contributed by atoms with E-state index in [1.54, 1.807) is 34.5 Å². The van der Waals surface area contributed by atoms with Gasteiger partial charge in [0.05, 0.1) is 12.2 Å². The van der Waals surface area contributed by atoms with E-state index in [9.17, 15) is 24.3 Å². The van der Waals surface area contributed by atoms with Gasteiger partial charge in [-0.1, -0.05) is 51.0 Å². The number of hydrazine groups is 1. The van der Waals surface area contributed by atoms with E-state index in [1.807, 2.05) is 20.8 Å². The van der Waals surface area contributed by atoms with Gasteiger partial charge >= 0.3 is 0 Å². The van der Waals surface area contributed by atoms with Crippen molar-refractivity contribution in [3.63, 3.8) is 0 Å². The molecule has 12 heteroatoms. The predicted molar refractivity (Wildman–Crippen MR) is 138 cm³/mol. The van der Waals surface area contributed by atoms with Crippen LogP contribution in [0.3, 0.4) is 0 Å². The zero-order valence-electron chi connectivity index (χ0n) is 22.9. The van der Waals surface area contributed by atoms with Crippen molar-refractivity contribution in [2.75, 3.05) is 6.54 Å². The van der Waals surface area contributed by atoms with Gasteiger partial charge in [0.2, 0.25) is 23.9 Å². The molecule has 0 bridgehead atoms. The van der Waals surface area contributed by atoms with Crippen LogP contribution in [0.15, 0.2) is 30.6 Å². The number of carboxylic acids is 1. The number of carbonyl (C=O) groups is 4. The first-order valence-electron chi connectivity index (χ1n) is 13.8. The Morgan fingerprint density at radius 3 is 2.67 bits per heavy atom. The first-order chi connectivity index (χ1) is 18.7. The lowest BCUT2D eigenvalue weighted by molar-refractivity contribution is -0.623. The van der Waals surface area contributed by atoms with Crippen LogP contribution in [0.25, 0.3) is 0 Å². The van der Waals surface area contributed by atoms with Crippen LogP contribution in [0.1, 0.15) is 94.4 Å². The molecule has 3 amide bonds. The third kappa shape index (κ3) is 7.12. The van der Waals surface area contributed by atoms with Gasteiger partial charge in [0, 0.05) is 31.0 Å². The predicted octanol–water partition coefficient (Wildman–Crippen LogP) is 0.679. The van der Waals surface area contributed by atoms with Gasteiger partial charge in [-0.05, 0) is 31.2 Å². The van der Waals surface area contributed by atoms with Gasteiger partial charge in [-0.25, -0.2) is 10.9 Å². The lowest BCUT2D eigenvalue weighted by Crippen LogP contribution is -2.60. The van der Waals surface area contributed by atoms with Crippen molar-refractivity contribution in [1.82, 2.24) is 25.7 Å². The molecule has 4 N–H and O–H groups in total. The molecular formula is C27H40N6O6. The SMILES string of the molecule is CCCCCC(CC(=O)NO)C(=O)N1NCCCC1C(=O)NC(c1cc[n+]2c(C(=O)[O-])cccn12)C(C)CC. The van der Waals surface area contributed by atoms with Crippen LogP contribution in [0.5, 0.6) is 0 Å². The Balaban J connectivity index is 1.87. The maximum Gasteiger partial charge on any atom is 0.258 e. The molecule has 214 valence electrons. The van der Waals surface area contributed by atoms with Crippen molar-refractivity contribution in [1.29, 1.82) is 0 Å². The monoisotopic (exact) mass is 544 g/mol. The number of aromatic nitrogens is 2. The second kappa shape index (κ2) is 14.0. The Morgan fingerprint density at radius 2 is 2.00 bits per heavy atom. The van der Waals surface area contributed by atoms with E-state index in [1.165, 1.54) is 15.6 Å². The number of carbonyl (C=O) groups excluding carboxylic acids is 4. The van der Waals surface area contributed by atoms with Crippen LogP contribution < -0.4 is 25.8 Å². The van der Waals surface area contributed by atoms with Gasteiger partial charge in [0.1, 0.15) is 17.7 Å². The number of hydrogen-bond donors (Lipinski definition) is 4. The number of aromatic carboxylic acids is 1. The first-order valence-corrected chi connectivity index (χ1v) is 13.8. The van der Waals surface area contributed by atoms with E-state index in [-0.39, 0.29) is 29.8 Å². The van der Waals surface area contributed by atoms with E-state index in [2.05, 4.69) is 10.7 Å². The second-order valence-corrected chi connectivity index (χ2v) is 10.2. The third-order valence-corrected chi connectivity index (χ3v) is 7.50. The summed E-state index contributed by atoms with van der Waals surface area (Å²) in [6, 6.07) is 3.57. The molecule has 0 aromatic carbocycles. The zero-order chi connectivity index (χ0) is 28.5. The minimum absolute atomic E-state index is 0.00463. The number of nitrogens with one attached hydrogen (secondary N) is 3. The molecule has 0 aliphatic carbocycles. The molecule has 0 saturated carbocycles. The number of hydroxylamine groups is 1. The summed E-state index contributed by atoms with van der Waals surface area (Å²) in [6.45, 7) is 6.56. The highest BCUT2D eigenvalue weighted by Gasteiger charge is 2.38. The van der Waals surface area contributed by atoms with Crippen LogP contribution in [0.2, 0.25) is 0 Å². The summed E-state index contributed by atoms with van der Waals surface area (Å²) in [5.74, 6) is -3.33. The molecule has 1 fully saturated rings. The third-order valence-electron chi connectivity index (χ3n) is 7.50. The van der Waals surface area contributed by atoms with Crippen LogP contribution in [0, 0.1) is 11.8 Å². The van der Waals surface area contributed by atoms with E-state index >= 15 is 0 Å². The second-order valence-electron chi connectivity index (χ2n) is 10.2. The Bertz CT molecular complexity index is 1170. The van der Waals surface area contributed by atoms with Gasteiger partial charge in [0.15, 0.2) is 0 Å². The van der Waals surface area contributed by atoms with E-state index < -0.39 is 29.9 Å².